The zero-order valence-electron chi connectivity index (χ0n) is 10.1. The van der Waals surface area contributed by atoms with E-state index in [1.54, 1.807) is 17.8 Å². The Morgan fingerprint density at radius 1 is 1.28 bits per heavy atom. The fourth-order valence-electron chi connectivity index (χ4n) is 2.28. The van der Waals surface area contributed by atoms with E-state index in [2.05, 4.69) is 0 Å². The lowest BCUT2D eigenvalue weighted by Crippen LogP contribution is -2.14. The van der Waals surface area contributed by atoms with Gasteiger partial charge >= 0.3 is 0 Å². The molecule has 1 fully saturated rings. The highest BCUT2D eigenvalue weighted by atomic mass is 32.2. The first-order chi connectivity index (χ1) is 8.48. The number of benzene rings is 1. The van der Waals surface area contributed by atoms with Crippen molar-refractivity contribution in [3.63, 3.8) is 0 Å². The number of para-hydroxylation sites is 1. The lowest BCUT2D eigenvalue weighted by molar-refractivity contribution is 0.598. The van der Waals surface area contributed by atoms with Crippen molar-refractivity contribution in [3.8, 4) is 0 Å². The molecule has 0 bridgehead atoms. The molecule has 1 aliphatic carbocycles. The summed E-state index contributed by atoms with van der Waals surface area (Å²) in [7, 11) is -3.73. The largest absolute Gasteiger partial charge is 0.397 e. The van der Waals surface area contributed by atoms with Gasteiger partial charge in [0.1, 0.15) is 4.90 Å². The van der Waals surface area contributed by atoms with Gasteiger partial charge in [0.2, 0.25) is 10.0 Å². The van der Waals surface area contributed by atoms with Crippen LogP contribution in [0.4, 0.5) is 5.69 Å². The third-order valence-electron chi connectivity index (χ3n) is 3.28. The second-order valence-corrected chi connectivity index (χ2v) is 7.27. The van der Waals surface area contributed by atoms with E-state index in [9.17, 15) is 8.42 Å². The third kappa shape index (κ3) is 3.18. The SMILES string of the molecule is Nc1c(SCC2CCCC2)cccc1S(N)(=O)=O. The molecule has 1 aromatic rings. The van der Waals surface area contributed by atoms with Crippen LogP contribution in [0.1, 0.15) is 25.7 Å². The third-order valence-corrected chi connectivity index (χ3v) is 5.56. The predicted molar refractivity (Wildman–Crippen MR) is 74.9 cm³/mol. The number of hydrogen-bond donors (Lipinski definition) is 2. The summed E-state index contributed by atoms with van der Waals surface area (Å²) in [5.74, 6) is 1.73. The zero-order chi connectivity index (χ0) is 13.2. The Bertz CT molecular complexity index is 523. The van der Waals surface area contributed by atoms with Gasteiger partial charge in [-0.3, -0.25) is 0 Å². The average Bonchev–Trinajstić information content (AvgIpc) is 2.79. The summed E-state index contributed by atoms with van der Waals surface area (Å²) in [4.78, 5) is 0.840. The molecule has 0 amide bonds. The van der Waals surface area contributed by atoms with Gasteiger partial charge in [0, 0.05) is 10.6 Å². The Morgan fingerprint density at radius 2 is 1.94 bits per heavy atom. The van der Waals surface area contributed by atoms with Crippen molar-refractivity contribution in [2.24, 2.45) is 11.1 Å². The molecule has 0 heterocycles. The van der Waals surface area contributed by atoms with Crippen LogP contribution in [0.15, 0.2) is 28.0 Å². The second kappa shape index (κ2) is 5.50. The van der Waals surface area contributed by atoms with Crippen LogP contribution in [0.5, 0.6) is 0 Å². The quantitative estimate of drug-likeness (QED) is 0.656. The summed E-state index contributed by atoms with van der Waals surface area (Å²) in [5.41, 5.74) is 6.15. The maximum atomic E-state index is 11.4. The van der Waals surface area contributed by atoms with Crippen molar-refractivity contribution in [2.45, 2.75) is 35.5 Å². The number of sulfonamides is 1. The van der Waals surface area contributed by atoms with Gasteiger partial charge in [0.25, 0.3) is 0 Å². The molecular formula is C12H18N2O2S2. The highest BCUT2D eigenvalue weighted by molar-refractivity contribution is 7.99. The summed E-state index contributed by atoms with van der Waals surface area (Å²) in [6.45, 7) is 0. The molecule has 2 rings (SSSR count). The predicted octanol–water partition coefficient (Wildman–Crippen LogP) is 2.20. The molecule has 0 radical (unpaired) electrons. The van der Waals surface area contributed by atoms with Crippen LogP contribution in [0.3, 0.4) is 0 Å². The molecule has 0 saturated heterocycles. The normalized spacial score (nSPS) is 17.2. The molecule has 4 nitrogen and oxygen atoms in total. The zero-order valence-corrected chi connectivity index (χ0v) is 11.8. The smallest absolute Gasteiger partial charge is 0.240 e. The van der Waals surface area contributed by atoms with Crippen LogP contribution in [0.25, 0.3) is 0 Å². The second-order valence-electron chi connectivity index (χ2n) is 4.67. The summed E-state index contributed by atoms with van der Waals surface area (Å²) >= 11 is 1.63. The van der Waals surface area contributed by atoms with Crippen molar-refractivity contribution < 1.29 is 8.42 Å². The van der Waals surface area contributed by atoms with E-state index in [0.717, 1.165) is 16.6 Å². The minimum Gasteiger partial charge on any atom is -0.397 e. The number of anilines is 1. The minimum atomic E-state index is -3.73. The molecule has 1 saturated carbocycles. The van der Waals surface area contributed by atoms with E-state index < -0.39 is 10.0 Å². The summed E-state index contributed by atoms with van der Waals surface area (Å²) in [5, 5.41) is 5.13. The van der Waals surface area contributed by atoms with Crippen LogP contribution in [-0.4, -0.2) is 14.2 Å². The molecule has 4 N–H and O–H groups in total. The first-order valence-corrected chi connectivity index (χ1v) is 8.56. The van der Waals surface area contributed by atoms with Crippen molar-refractivity contribution in [3.05, 3.63) is 18.2 Å². The topological polar surface area (TPSA) is 86.2 Å². The Hall–Kier alpha value is -0.720. The Morgan fingerprint density at radius 3 is 2.56 bits per heavy atom. The Balaban J connectivity index is 2.13. The highest BCUT2D eigenvalue weighted by Crippen LogP contribution is 2.35. The lowest BCUT2D eigenvalue weighted by atomic mass is 10.1. The van der Waals surface area contributed by atoms with Gasteiger partial charge in [0.05, 0.1) is 5.69 Å². The monoisotopic (exact) mass is 286 g/mol. The van der Waals surface area contributed by atoms with Gasteiger partial charge in [0.15, 0.2) is 0 Å². The molecule has 0 atom stereocenters. The van der Waals surface area contributed by atoms with Crippen LogP contribution in [0.2, 0.25) is 0 Å². The summed E-state index contributed by atoms with van der Waals surface area (Å²) in [6, 6.07) is 4.99. The van der Waals surface area contributed by atoms with Crippen LogP contribution >= 0.6 is 11.8 Å². The standard InChI is InChI=1S/C12H18N2O2S2/c13-12-10(17-8-9-4-1-2-5-9)6-3-7-11(12)18(14,15)16/h3,6-7,9H,1-2,4-5,8,13H2,(H2,14,15,16). The van der Waals surface area contributed by atoms with Crippen molar-refractivity contribution >= 4 is 27.5 Å². The van der Waals surface area contributed by atoms with E-state index >= 15 is 0 Å². The maximum absolute atomic E-state index is 11.4. The van der Waals surface area contributed by atoms with E-state index in [4.69, 9.17) is 10.9 Å². The van der Waals surface area contributed by atoms with Crippen LogP contribution in [-0.2, 0) is 10.0 Å². The van der Waals surface area contributed by atoms with E-state index in [1.165, 1.54) is 31.7 Å². The van der Waals surface area contributed by atoms with E-state index in [-0.39, 0.29) is 10.6 Å². The molecule has 0 aromatic heterocycles. The summed E-state index contributed by atoms with van der Waals surface area (Å²) in [6.07, 6.45) is 5.14. The lowest BCUT2D eigenvalue weighted by Gasteiger charge is -2.11. The van der Waals surface area contributed by atoms with E-state index in [0.29, 0.717) is 0 Å². The van der Waals surface area contributed by atoms with Crippen LogP contribution in [0, 0.1) is 5.92 Å². The van der Waals surface area contributed by atoms with Gasteiger partial charge in [-0.2, -0.15) is 0 Å². The fraction of sp³-hybridized carbons (Fsp3) is 0.500. The number of thioether (sulfide) groups is 1. The fourth-order valence-corrected chi connectivity index (χ4v) is 4.22. The molecule has 1 aliphatic rings. The van der Waals surface area contributed by atoms with Crippen molar-refractivity contribution in [1.29, 1.82) is 0 Å². The number of nitrogen functional groups attached to an aromatic ring is 1. The molecule has 18 heavy (non-hydrogen) atoms. The van der Waals surface area contributed by atoms with Gasteiger partial charge in [-0.05, 0) is 30.9 Å². The molecule has 0 unspecified atom stereocenters. The minimum absolute atomic E-state index is 0.0268. The molecule has 6 heteroatoms. The molecule has 0 aliphatic heterocycles. The Labute approximate surface area is 112 Å². The Kier molecular flexibility index (Phi) is 4.19. The first kappa shape index (κ1) is 13.7. The molecular weight excluding hydrogens is 268 g/mol. The molecule has 100 valence electrons. The number of nitrogens with two attached hydrogens (primary N) is 2. The highest BCUT2D eigenvalue weighted by Gasteiger charge is 2.18. The number of rotatable bonds is 4. The van der Waals surface area contributed by atoms with Gasteiger partial charge in [-0.15, -0.1) is 11.8 Å². The first-order valence-electron chi connectivity index (χ1n) is 6.02. The maximum Gasteiger partial charge on any atom is 0.240 e. The van der Waals surface area contributed by atoms with Gasteiger partial charge in [-0.1, -0.05) is 18.9 Å². The molecule has 0 spiro atoms. The number of primary sulfonamides is 1. The van der Waals surface area contributed by atoms with E-state index in [1.807, 2.05) is 6.07 Å². The van der Waals surface area contributed by atoms with Gasteiger partial charge in [-0.25, -0.2) is 13.6 Å². The molecule has 1 aromatic carbocycles. The van der Waals surface area contributed by atoms with Crippen molar-refractivity contribution in [1.82, 2.24) is 0 Å². The average molecular weight is 286 g/mol. The van der Waals surface area contributed by atoms with Crippen molar-refractivity contribution in [2.75, 3.05) is 11.5 Å². The van der Waals surface area contributed by atoms with Gasteiger partial charge < -0.3 is 5.73 Å². The summed E-state index contributed by atoms with van der Waals surface area (Å²) < 4.78 is 22.7. The number of hydrogen-bond acceptors (Lipinski definition) is 4. The van der Waals surface area contributed by atoms with Crippen LogP contribution < -0.4 is 10.9 Å².